The molecule has 2 aliphatic carbocycles. The lowest BCUT2D eigenvalue weighted by Gasteiger charge is -2.49. The zero-order valence-corrected chi connectivity index (χ0v) is 11.5. The van der Waals surface area contributed by atoms with Crippen LogP contribution in [0.15, 0.2) is 0 Å². The summed E-state index contributed by atoms with van der Waals surface area (Å²) in [6, 6.07) is 0. The van der Waals surface area contributed by atoms with Gasteiger partial charge < -0.3 is 9.53 Å². The zero-order chi connectivity index (χ0) is 13.2. The van der Waals surface area contributed by atoms with E-state index in [4.69, 9.17) is 4.74 Å². The molecule has 1 heterocycles. The predicted octanol–water partition coefficient (Wildman–Crippen LogP) is 2.58. The van der Waals surface area contributed by atoms with Crippen molar-refractivity contribution in [3.05, 3.63) is 0 Å². The Morgan fingerprint density at radius 1 is 1.28 bits per heavy atom. The highest BCUT2D eigenvalue weighted by atomic mass is 16.5. The van der Waals surface area contributed by atoms with E-state index in [2.05, 4.69) is 20.8 Å². The smallest absolute Gasteiger partial charge is 0.306 e. The summed E-state index contributed by atoms with van der Waals surface area (Å²) < 4.78 is 5.33. The Morgan fingerprint density at radius 2 is 2.00 bits per heavy atom. The summed E-state index contributed by atoms with van der Waals surface area (Å²) >= 11 is 0. The molecule has 0 bridgehead atoms. The number of hydrogen-bond acceptors (Lipinski definition) is 3. The van der Waals surface area contributed by atoms with E-state index < -0.39 is 0 Å². The molecule has 1 spiro atoms. The second-order valence-electron chi connectivity index (χ2n) is 7.48. The first kappa shape index (κ1) is 12.2. The van der Waals surface area contributed by atoms with Gasteiger partial charge in [-0.3, -0.25) is 4.79 Å². The summed E-state index contributed by atoms with van der Waals surface area (Å²) in [5, 5.41) is 0. The van der Waals surface area contributed by atoms with Crippen molar-refractivity contribution in [1.82, 2.24) is 0 Å². The SMILES string of the molecule is CC1(C)C[C@]2(C)COC(=O)C[C@@]23[C@H](C=O)CC[C@@H]13. The molecule has 1 aliphatic heterocycles. The highest BCUT2D eigenvalue weighted by molar-refractivity contribution is 5.74. The number of cyclic esters (lactones) is 1. The fourth-order valence-electron chi connectivity index (χ4n) is 5.74. The van der Waals surface area contributed by atoms with Crippen molar-refractivity contribution in [3.8, 4) is 0 Å². The quantitative estimate of drug-likeness (QED) is 0.530. The summed E-state index contributed by atoms with van der Waals surface area (Å²) in [4.78, 5) is 23.3. The minimum Gasteiger partial charge on any atom is -0.465 e. The van der Waals surface area contributed by atoms with Gasteiger partial charge in [-0.05, 0) is 30.6 Å². The van der Waals surface area contributed by atoms with E-state index in [1.54, 1.807) is 0 Å². The van der Waals surface area contributed by atoms with Gasteiger partial charge in [0.05, 0.1) is 13.0 Å². The largest absolute Gasteiger partial charge is 0.465 e. The summed E-state index contributed by atoms with van der Waals surface area (Å²) in [6.07, 6.45) is 4.64. The van der Waals surface area contributed by atoms with Crippen LogP contribution in [0.4, 0.5) is 0 Å². The Kier molecular flexibility index (Phi) is 2.28. The van der Waals surface area contributed by atoms with Gasteiger partial charge in [-0.1, -0.05) is 20.8 Å². The molecule has 0 aromatic carbocycles. The number of ether oxygens (including phenoxy) is 1. The maximum atomic E-state index is 11.8. The van der Waals surface area contributed by atoms with Crippen molar-refractivity contribution in [2.45, 2.75) is 46.5 Å². The van der Waals surface area contributed by atoms with Gasteiger partial charge in [-0.25, -0.2) is 0 Å². The zero-order valence-electron chi connectivity index (χ0n) is 11.5. The molecule has 3 rings (SSSR count). The van der Waals surface area contributed by atoms with Gasteiger partial charge in [0.15, 0.2) is 0 Å². The number of hydrogen-bond donors (Lipinski definition) is 0. The molecule has 1 saturated heterocycles. The Balaban J connectivity index is 2.15. The molecule has 100 valence electrons. The highest BCUT2D eigenvalue weighted by Crippen LogP contribution is 2.74. The molecule has 0 unspecified atom stereocenters. The molecule has 0 amide bonds. The lowest BCUT2D eigenvalue weighted by atomic mass is 9.57. The van der Waals surface area contributed by atoms with E-state index in [0.717, 1.165) is 25.5 Å². The van der Waals surface area contributed by atoms with Gasteiger partial charge in [0, 0.05) is 16.7 Å². The number of carbonyl (C=O) groups is 2. The average molecular weight is 250 g/mol. The minimum atomic E-state index is -0.131. The molecule has 3 nitrogen and oxygen atoms in total. The highest BCUT2D eigenvalue weighted by Gasteiger charge is 2.71. The molecule has 4 atom stereocenters. The van der Waals surface area contributed by atoms with Crippen molar-refractivity contribution in [2.24, 2.45) is 28.1 Å². The van der Waals surface area contributed by atoms with Gasteiger partial charge in [0.1, 0.15) is 6.29 Å². The topological polar surface area (TPSA) is 43.4 Å². The standard InChI is InChI=1S/C15H22O3/c1-13(2)8-14(3)9-18-12(17)6-15(14)10(7-16)4-5-11(13)15/h7,10-11H,4-6,8-9H2,1-3H3/t10-,11-,14+,15-/m0/s1. The first-order chi connectivity index (χ1) is 8.36. The van der Waals surface area contributed by atoms with Crippen LogP contribution >= 0.6 is 0 Å². The first-order valence-corrected chi connectivity index (χ1v) is 6.97. The van der Waals surface area contributed by atoms with E-state index >= 15 is 0 Å². The van der Waals surface area contributed by atoms with Crippen LogP contribution in [0.3, 0.4) is 0 Å². The fraction of sp³-hybridized carbons (Fsp3) is 0.867. The van der Waals surface area contributed by atoms with Gasteiger partial charge >= 0.3 is 5.97 Å². The molecule has 18 heavy (non-hydrogen) atoms. The maximum Gasteiger partial charge on any atom is 0.306 e. The Hall–Kier alpha value is -0.860. The van der Waals surface area contributed by atoms with Crippen LogP contribution in [0.2, 0.25) is 0 Å². The molecule has 3 aliphatic rings. The van der Waals surface area contributed by atoms with Gasteiger partial charge in [0.2, 0.25) is 0 Å². The Morgan fingerprint density at radius 3 is 2.67 bits per heavy atom. The van der Waals surface area contributed by atoms with Crippen LogP contribution in [0.5, 0.6) is 0 Å². The van der Waals surface area contributed by atoms with Gasteiger partial charge in [-0.2, -0.15) is 0 Å². The van der Waals surface area contributed by atoms with Crippen LogP contribution in [0.25, 0.3) is 0 Å². The number of rotatable bonds is 1. The van der Waals surface area contributed by atoms with E-state index in [1.165, 1.54) is 0 Å². The van der Waals surface area contributed by atoms with Crippen molar-refractivity contribution in [3.63, 3.8) is 0 Å². The fourth-order valence-corrected chi connectivity index (χ4v) is 5.74. The lowest BCUT2D eigenvalue weighted by Crippen LogP contribution is -2.51. The Bertz CT molecular complexity index is 414. The summed E-state index contributed by atoms with van der Waals surface area (Å²) in [7, 11) is 0. The first-order valence-electron chi connectivity index (χ1n) is 6.97. The maximum absolute atomic E-state index is 11.8. The lowest BCUT2D eigenvalue weighted by molar-refractivity contribution is -0.173. The second-order valence-corrected chi connectivity index (χ2v) is 7.48. The molecular weight excluding hydrogens is 228 g/mol. The molecule has 0 radical (unpaired) electrons. The third-order valence-electron chi connectivity index (χ3n) is 6.12. The van der Waals surface area contributed by atoms with Crippen LogP contribution in [-0.2, 0) is 14.3 Å². The van der Waals surface area contributed by atoms with Crippen LogP contribution in [0, 0.1) is 28.1 Å². The Labute approximate surface area is 108 Å². The van der Waals surface area contributed by atoms with Crippen molar-refractivity contribution < 1.29 is 14.3 Å². The summed E-state index contributed by atoms with van der Waals surface area (Å²) in [6.45, 7) is 7.31. The van der Waals surface area contributed by atoms with Crippen LogP contribution in [-0.4, -0.2) is 18.9 Å². The van der Waals surface area contributed by atoms with E-state index in [0.29, 0.717) is 18.9 Å². The monoisotopic (exact) mass is 250 g/mol. The van der Waals surface area contributed by atoms with Gasteiger partial charge in [-0.15, -0.1) is 0 Å². The summed E-state index contributed by atoms with van der Waals surface area (Å²) in [5.74, 6) is 0.420. The van der Waals surface area contributed by atoms with Gasteiger partial charge in [0.25, 0.3) is 0 Å². The molecule has 3 heteroatoms. The van der Waals surface area contributed by atoms with Crippen LogP contribution < -0.4 is 0 Å². The van der Waals surface area contributed by atoms with E-state index in [1.807, 2.05) is 0 Å². The predicted molar refractivity (Wildman–Crippen MR) is 66.8 cm³/mol. The van der Waals surface area contributed by atoms with E-state index in [9.17, 15) is 9.59 Å². The molecular formula is C15H22O3. The molecule has 0 aromatic rings. The number of aldehydes is 1. The number of esters is 1. The third-order valence-corrected chi connectivity index (χ3v) is 6.12. The van der Waals surface area contributed by atoms with Crippen molar-refractivity contribution in [2.75, 3.05) is 6.61 Å². The molecule has 2 saturated carbocycles. The number of carbonyl (C=O) groups excluding carboxylic acids is 2. The molecule has 0 aromatic heterocycles. The second kappa shape index (κ2) is 3.37. The normalized spacial score (nSPS) is 49.4. The van der Waals surface area contributed by atoms with E-state index in [-0.39, 0.29) is 28.1 Å². The third kappa shape index (κ3) is 1.20. The molecule has 0 N–H and O–H groups in total. The van der Waals surface area contributed by atoms with Crippen LogP contribution in [0.1, 0.15) is 46.5 Å². The van der Waals surface area contributed by atoms with Crippen molar-refractivity contribution in [1.29, 1.82) is 0 Å². The average Bonchev–Trinajstić information content (AvgIpc) is 2.71. The summed E-state index contributed by atoms with van der Waals surface area (Å²) in [5.41, 5.74) is 0.0607. The minimum absolute atomic E-state index is 0.0167. The molecule has 3 fully saturated rings. The van der Waals surface area contributed by atoms with Crippen molar-refractivity contribution >= 4 is 12.3 Å².